The summed E-state index contributed by atoms with van der Waals surface area (Å²) >= 11 is 0. The van der Waals surface area contributed by atoms with Gasteiger partial charge in [-0.3, -0.25) is 4.79 Å². The third-order valence-electron chi connectivity index (χ3n) is 5.35. The van der Waals surface area contributed by atoms with Crippen molar-refractivity contribution >= 4 is 23.2 Å². The van der Waals surface area contributed by atoms with Crippen molar-refractivity contribution in [3.8, 4) is 0 Å². The van der Waals surface area contributed by atoms with Gasteiger partial charge in [0.05, 0.1) is 5.56 Å². The third-order valence-corrected chi connectivity index (χ3v) is 5.35. The summed E-state index contributed by atoms with van der Waals surface area (Å²) in [5.41, 5.74) is 3.71. The van der Waals surface area contributed by atoms with Gasteiger partial charge in [0.15, 0.2) is 0 Å². The first-order valence-electron chi connectivity index (χ1n) is 9.86. The molecule has 29 heavy (non-hydrogen) atoms. The van der Waals surface area contributed by atoms with E-state index in [0.717, 1.165) is 49.1 Å². The van der Waals surface area contributed by atoms with E-state index in [4.69, 9.17) is 0 Å². The molecule has 1 fully saturated rings. The van der Waals surface area contributed by atoms with Gasteiger partial charge in [-0.15, -0.1) is 0 Å². The first-order valence-corrected chi connectivity index (χ1v) is 9.86. The Morgan fingerprint density at radius 3 is 2.17 bits per heavy atom. The van der Waals surface area contributed by atoms with Crippen LogP contribution in [-0.4, -0.2) is 42.1 Å². The number of nitrogens with one attached hydrogen (secondary N) is 1. The molecule has 3 aromatic rings. The minimum Gasteiger partial charge on any atom is -0.353 e. The molecule has 1 amide bonds. The maximum Gasteiger partial charge on any atom is 0.257 e. The number of rotatable bonds is 4. The molecule has 2 aromatic heterocycles. The number of nitrogens with zero attached hydrogens (tertiary/aromatic N) is 4. The number of pyridine rings is 2. The van der Waals surface area contributed by atoms with Crippen molar-refractivity contribution in [2.24, 2.45) is 0 Å². The summed E-state index contributed by atoms with van der Waals surface area (Å²) < 4.78 is 0. The van der Waals surface area contributed by atoms with Crippen molar-refractivity contribution in [3.63, 3.8) is 0 Å². The normalized spacial score (nSPS) is 14.0. The number of benzene rings is 1. The van der Waals surface area contributed by atoms with E-state index in [-0.39, 0.29) is 5.91 Å². The number of carbonyl (C=O) groups is 1. The second kappa shape index (κ2) is 8.31. The average Bonchev–Trinajstić information content (AvgIpc) is 2.77. The number of hydrogen-bond donors (Lipinski definition) is 1. The van der Waals surface area contributed by atoms with Crippen molar-refractivity contribution in [2.75, 3.05) is 41.3 Å². The molecule has 0 atom stereocenters. The van der Waals surface area contributed by atoms with Gasteiger partial charge in [0, 0.05) is 44.3 Å². The monoisotopic (exact) mass is 387 g/mol. The first kappa shape index (κ1) is 18.9. The molecule has 3 heterocycles. The quantitative estimate of drug-likeness (QED) is 0.740. The Labute approximate surface area is 171 Å². The summed E-state index contributed by atoms with van der Waals surface area (Å²) in [6.07, 6.45) is 3.47. The smallest absolute Gasteiger partial charge is 0.257 e. The van der Waals surface area contributed by atoms with E-state index in [9.17, 15) is 4.79 Å². The number of hydrogen-bond acceptors (Lipinski definition) is 5. The Bertz CT molecular complexity index is 980. The Balaban J connectivity index is 1.36. The zero-order valence-electron chi connectivity index (χ0n) is 16.8. The lowest BCUT2D eigenvalue weighted by Crippen LogP contribution is -2.47. The lowest BCUT2D eigenvalue weighted by Gasteiger charge is -2.36. The summed E-state index contributed by atoms with van der Waals surface area (Å²) in [5.74, 6) is 1.76. The molecule has 0 bridgehead atoms. The maximum absolute atomic E-state index is 12.5. The van der Waals surface area contributed by atoms with Crippen LogP contribution < -0.4 is 15.1 Å². The summed E-state index contributed by atoms with van der Waals surface area (Å²) in [5, 5.41) is 2.94. The Hall–Kier alpha value is -3.41. The SMILES string of the molecule is Cc1ccc(NC(=O)c2ccc(N3CCN(c4ccccn4)CC3)nc2)cc1C. The van der Waals surface area contributed by atoms with Gasteiger partial charge >= 0.3 is 0 Å². The Morgan fingerprint density at radius 1 is 0.862 bits per heavy atom. The second-order valence-corrected chi connectivity index (χ2v) is 7.32. The van der Waals surface area contributed by atoms with E-state index in [1.807, 2.05) is 61.7 Å². The van der Waals surface area contributed by atoms with E-state index in [0.29, 0.717) is 5.56 Å². The van der Waals surface area contributed by atoms with Gasteiger partial charge in [0.1, 0.15) is 11.6 Å². The molecule has 148 valence electrons. The predicted octanol–water partition coefficient (Wildman–Crippen LogP) is 3.67. The topological polar surface area (TPSA) is 61.4 Å². The summed E-state index contributed by atoms with van der Waals surface area (Å²) in [4.78, 5) is 26.0. The van der Waals surface area contributed by atoms with Crippen molar-refractivity contribution in [2.45, 2.75) is 13.8 Å². The van der Waals surface area contributed by atoms with Crippen molar-refractivity contribution in [1.82, 2.24) is 9.97 Å². The van der Waals surface area contributed by atoms with Gasteiger partial charge in [-0.25, -0.2) is 9.97 Å². The fourth-order valence-electron chi connectivity index (χ4n) is 3.44. The largest absolute Gasteiger partial charge is 0.353 e. The summed E-state index contributed by atoms with van der Waals surface area (Å²) in [6, 6.07) is 15.7. The number of piperazine rings is 1. The second-order valence-electron chi connectivity index (χ2n) is 7.32. The standard InChI is InChI=1S/C23H25N5O/c1-17-6-8-20(15-18(17)2)26-23(29)19-7-9-22(25-16-19)28-13-11-27(12-14-28)21-5-3-4-10-24-21/h3-10,15-16H,11-14H2,1-2H3,(H,26,29). The zero-order valence-corrected chi connectivity index (χ0v) is 16.8. The number of aryl methyl sites for hydroxylation is 2. The Morgan fingerprint density at radius 2 is 1.59 bits per heavy atom. The molecule has 0 saturated carbocycles. The molecule has 0 spiro atoms. The van der Waals surface area contributed by atoms with Crippen LogP contribution in [0.3, 0.4) is 0 Å². The lowest BCUT2D eigenvalue weighted by molar-refractivity contribution is 0.102. The van der Waals surface area contributed by atoms with Crippen LogP contribution in [0.4, 0.5) is 17.3 Å². The molecule has 1 aliphatic rings. The van der Waals surface area contributed by atoms with Crippen LogP contribution in [0.25, 0.3) is 0 Å². The Kier molecular flexibility index (Phi) is 5.42. The van der Waals surface area contributed by atoms with E-state index in [2.05, 4.69) is 32.0 Å². The molecule has 4 rings (SSSR count). The van der Waals surface area contributed by atoms with E-state index in [1.165, 1.54) is 5.56 Å². The van der Waals surface area contributed by atoms with Gasteiger partial charge < -0.3 is 15.1 Å². The molecule has 1 aromatic carbocycles. The highest BCUT2D eigenvalue weighted by Gasteiger charge is 2.19. The van der Waals surface area contributed by atoms with Crippen LogP contribution >= 0.6 is 0 Å². The number of carbonyl (C=O) groups excluding carboxylic acids is 1. The van der Waals surface area contributed by atoms with Gasteiger partial charge in [-0.05, 0) is 61.4 Å². The van der Waals surface area contributed by atoms with Gasteiger partial charge in [-0.1, -0.05) is 12.1 Å². The number of aromatic nitrogens is 2. The van der Waals surface area contributed by atoms with Crippen LogP contribution in [0.5, 0.6) is 0 Å². The lowest BCUT2D eigenvalue weighted by atomic mass is 10.1. The molecule has 0 unspecified atom stereocenters. The maximum atomic E-state index is 12.5. The van der Waals surface area contributed by atoms with Crippen LogP contribution in [0.1, 0.15) is 21.5 Å². The van der Waals surface area contributed by atoms with Crippen molar-refractivity contribution in [3.05, 3.63) is 77.6 Å². The highest BCUT2D eigenvalue weighted by atomic mass is 16.1. The summed E-state index contributed by atoms with van der Waals surface area (Å²) in [6.45, 7) is 7.63. The van der Waals surface area contributed by atoms with Crippen LogP contribution in [0.2, 0.25) is 0 Å². The predicted molar refractivity (Wildman–Crippen MR) is 117 cm³/mol. The van der Waals surface area contributed by atoms with E-state index >= 15 is 0 Å². The molecule has 6 nitrogen and oxygen atoms in total. The minimum absolute atomic E-state index is 0.146. The molecule has 1 N–H and O–H groups in total. The van der Waals surface area contributed by atoms with Gasteiger partial charge in [0.2, 0.25) is 0 Å². The van der Waals surface area contributed by atoms with Crippen LogP contribution in [0, 0.1) is 13.8 Å². The first-order chi connectivity index (χ1) is 14.1. The molecule has 1 saturated heterocycles. The number of anilines is 3. The zero-order chi connectivity index (χ0) is 20.2. The highest BCUT2D eigenvalue weighted by Crippen LogP contribution is 2.19. The molecular formula is C23H25N5O. The minimum atomic E-state index is -0.146. The van der Waals surface area contributed by atoms with E-state index in [1.54, 1.807) is 6.20 Å². The molecule has 0 aliphatic carbocycles. The van der Waals surface area contributed by atoms with Gasteiger partial charge in [-0.2, -0.15) is 0 Å². The molecular weight excluding hydrogens is 362 g/mol. The van der Waals surface area contributed by atoms with Gasteiger partial charge in [0.25, 0.3) is 5.91 Å². The van der Waals surface area contributed by atoms with Crippen LogP contribution in [0.15, 0.2) is 60.9 Å². The van der Waals surface area contributed by atoms with Crippen LogP contribution in [-0.2, 0) is 0 Å². The molecule has 1 aliphatic heterocycles. The average molecular weight is 387 g/mol. The third kappa shape index (κ3) is 4.37. The summed E-state index contributed by atoms with van der Waals surface area (Å²) in [7, 11) is 0. The van der Waals surface area contributed by atoms with E-state index < -0.39 is 0 Å². The number of amides is 1. The molecule has 0 radical (unpaired) electrons. The van der Waals surface area contributed by atoms with Crippen molar-refractivity contribution in [1.29, 1.82) is 0 Å². The fourth-order valence-corrected chi connectivity index (χ4v) is 3.44. The highest BCUT2D eigenvalue weighted by molar-refractivity contribution is 6.04. The molecule has 6 heteroatoms. The van der Waals surface area contributed by atoms with Crippen molar-refractivity contribution < 1.29 is 4.79 Å². The fraction of sp³-hybridized carbons (Fsp3) is 0.261.